The fraction of sp³-hybridized carbons (Fsp3) is 0.400. The average molecular weight is 291 g/mol. The van der Waals surface area contributed by atoms with E-state index in [0.29, 0.717) is 6.54 Å². The van der Waals surface area contributed by atoms with E-state index in [9.17, 15) is 5.11 Å². The summed E-state index contributed by atoms with van der Waals surface area (Å²) >= 11 is 1.54. The van der Waals surface area contributed by atoms with Gasteiger partial charge in [0.25, 0.3) is 0 Å². The number of aliphatic hydroxyl groups is 1. The molecule has 0 fully saturated rings. The highest BCUT2D eigenvalue weighted by atomic mass is 32.1. The van der Waals surface area contributed by atoms with E-state index in [1.54, 1.807) is 24.5 Å². The van der Waals surface area contributed by atoms with Crippen molar-refractivity contribution in [2.75, 3.05) is 24.3 Å². The summed E-state index contributed by atoms with van der Waals surface area (Å²) in [5.41, 5.74) is 3.55. The number of benzene rings is 1. The van der Waals surface area contributed by atoms with Crippen LogP contribution in [0.3, 0.4) is 0 Å². The van der Waals surface area contributed by atoms with Crippen LogP contribution in [0, 0.1) is 6.92 Å². The van der Waals surface area contributed by atoms with Crippen LogP contribution < -0.4 is 10.2 Å². The van der Waals surface area contributed by atoms with Crippen molar-refractivity contribution in [3.05, 3.63) is 39.8 Å². The molecule has 1 aromatic carbocycles. The molecule has 2 aromatic rings. The molecule has 0 aliphatic carbocycles. The Hall–Kier alpha value is -1.59. The molecule has 0 aliphatic heterocycles. The summed E-state index contributed by atoms with van der Waals surface area (Å²) in [6, 6.07) is 6.23. The van der Waals surface area contributed by atoms with E-state index in [0.717, 1.165) is 15.6 Å². The average Bonchev–Trinajstić information content (AvgIpc) is 2.86. The SMILES string of the molecule is Cc1c(NCc2ncc([C@@H](C)O)s2)cccc1N(C)C. The fourth-order valence-corrected chi connectivity index (χ4v) is 2.87. The van der Waals surface area contributed by atoms with Crippen LogP contribution in [-0.4, -0.2) is 24.2 Å². The monoisotopic (exact) mass is 291 g/mol. The molecular formula is C15H21N3OS. The highest BCUT2D eigenvalue weighted by Crippen LogP contribution is 2.26. The van der Waals surface area contributed by atoms with Crippen molar-refractivity contribution in [2.45, 2.75) is 26.5 Å². The first-order chi connectivity index (χ1) is 9.49. The number of hydrogen-bond acceptors (Lipinski definition) is 5. The third kappa shape index (κ3) is 3.29. The second kappa shape index (κ2) is 6.24. The molecule has 0 saturated heterocycles. The maximum absolute atomic E-state index is 9.51. The van der Waals surface area contributed by atoms with E-state index in [2.05, 4.69) is 34.3 Å². The zero-order valence-corrected chi connectivity index (χ0v) is 13.2. The molecule has 2 rings (SSSR count). The van der Waals surface area contributed by atoms with Crippen LogP contribution in [-0.2, 0) is 6.54 Å². The highest BCUT2D eigenvalue weighted by molar-refractivity contribution is 7.11. The van der Waals surface area contributed by atoms with Gasteiger partial charge in [0.15, 0.2) is 0 Å². The largest absolute Gasteiger partial charge is 0.388 e. The quantitative estimate of drug-likeness (QED) is 0.888. The number of nitrogens with zero attached hydrogens (tertiary/aromatic N) is 2. The molecule has 20 heavy (non-hydrogen) atoms. The molecule has 108 valence electrons. The Balaban J connectivity index is 2.08. The number of rotatable bonds is 5. The van der Waals surface area contributed by atoms with Crippen LogP contribution in [0.1, 0.15) is 28.5 Å². The number of aliphatic hydroxyl groups excluding tert-OH is 1. The maximum Gasteiger partial charge on any atom is 0.112 e. The summed E-state index contributed by atoms with van der Waals surface area (Å²) in [7, 11) is 4.09. The molecule has 0 bridgehead atoms. The predicted octanol–water partition coefficient (Wildman–Crippen LogP) is 3.18. The van der Waals surface area contributed by atoms with Crippen LogP contribution in [0.2, 0.25) is 0 Å². The zero-order valence-electron chi connectivity index (χ0n) is 12.3. The molecule has 5 heteroatoms. The standard InChI is InChI=1S/C15H21N3OS/c1-10-12(6-5-7-13(10)18(3)4)16-9-15-17-8-14(20-15)11(2)19/h5-8,11,16,19H,9H2,1-4H3/t11-/m1/s1. The predicted molar refractivity (Wildman–Crippen MR) is 85.6 cm³/mol. The second-order valence-electron chi connectivity index (χ2n) is 5.03. The van der Waals surface area contributed by atoms with E-state index in [-0.39, 0.29) is 0 Å². The molecule has 1 aromatic heterocycles. The van der Waals surface area contributed by atoms with Crippen molar-refractivity contribution >= 4 is 22.7 Å². The van der Waals surface area contributed by atoms with Crippen molar-refractivity contribution in [1.29, 1.82) is 0 Å². The Morgan fingerprint density at radius 2 is 2.15 bits per heavy atom. The van der Waals surface area contributed by atoms with Gasteiger partial charge in [-0.25, -0.2) is 4.98 Å². The summed E-state index contributed by atoms with van der Waals surface area (Å²) in [5.74, 6) is 0. The Bertz CT molecular complexity index is 578. The topological polar surface area (TPSA) is 48.4 Å². The summed E-state index contributed by atoms with van der Waals surface area (Å²) in [4.78, 5) is 7.34. The van der Waals surface area contributed by atoms with Crippen LogP contribution in [0.15, 0.2) is 24.4 Å². The highest BCUT2D eigenvalue weighted by Gasteiger charge is 2.08. The molecular weight excluding hydrogens is 270 g/mol. The smallest absolute Gasteiger partial charge is 0.112 e. The lowest BCUT2D eigenvalue weighted by molar-refractivity contribution is 0.203. The first-order valence-electron chi connectivity index (χ1n) is 6.62. The fourth-order valence-electron chi connectivity index (χ4n) is 2.07. The number of aromatic nitrogens is 1. The van der Waals surface area contributed by atoms with E-state index >= 15 is 0 Å². The minimum absolute atomic E-state index is 0.444. The molecule has 0 amide bonds. The first-order valence-corrected chi connectivity index (χ1v) is 7.44. The molecule has 0 unspecified atom stereocenters. The van der Waals surface area contributed by atoms with E-state index < -0.39 is 6.10 Å². The van der Waals surface area contributed by atoms with E-state index in [1.165, 1.54) is 11.3 Å². The van der Waals surface area contributed by atoms with Gasteiger partial charge in [0.1, 0.15) is 5.01 Å². The van der Waals surface area contributed by atoms with Gasteiger partial charge < -0.3 is 15.3 Å². The van der Waals surface area contributed by atoms with Crippen LogP contribution >= 0.6 is 11.3 Å². The molecule has 1 heterocycles. The number of anilines is 2. The Labute approximate surface area is 124 Å². The summed E-state index contributed by atoms with van der Waals surface area (Å²) < 4.78 is 0. The number of hydrogen-bond donors (Lipinski definition) is 2. The summed E-state index contributed by atoms with van der Waals surface area (Å²) in [6.45, 7) is 4.55. The molecule has 2 N–H and O–H groups in total. The van der Waals surface area contributed by atoms with E-state index in [4.69, 9.17) is 0 Å². The zero-order chi connectivity index (χ0) is 14.7. The molecule has 0 saturated carbocycles. The van der Waals surface area contributed by atoms with Gasteiger partial charge in [-0.3, -0.25) is 0 Å². The molecule has 0 aliphatic rings. The molecule has 1 atom stereocenters. The van der Waals surface area contributed by atoms with Gasteiger partial charge in [-0.15, -0.1) is 11.3 Å². The van der Waals surface area contributed by atoms with Gasteiger partial charge in [0.05, 0.1) is 17.5 Å². The van der Waals surface area contributed by atoms with Gasteiger partial charge in [-0.05, 0) is 31.5 Å². The van der Waals surface area contributed by atoms with Crippen molar-refractivity contribution in [3.63, 3.8) is 0 Å². The van der Waals surface area contributed by atoms with Crippen molar-refractivity contribution < 1.29 is 5.11 Å². The van der Waals surface area contributed by atoms with Crippen LogP contribution in [0.25, 0.3) is 0 Å². The van der Waals surface area contributed by atoms with Gasteiger partial charge >= 0.3 is 0 Å². The molecule has 4 nitrogen and oxygen atoms in total. The Morgan fingerprint density at radius 3 is 2.75 bits per heavy atom. The molecule has 0 spiro atoms. The Kier molecular flexibility index (Phi) is 4.62. The van der Waals surface area contributed by atoms with Crippen molar-refractivity contribution in [1.82, 2.24) is 4.98 Å². The van der Waals surface area contributed by atoms with Crippen molar-refractivity contribution in [3.8, 4) is 0 Å². The van der Waals surface area contributed by atoms with Gasteiger partial charge in [0, 0.05) is 31.7 Å². The van der Waals surface area contributed by atoms with Crippen molar-refractivity contribution in [2.24, 2.45) is 0 Å². The lowest BCUT2D eigenvalue weighted by Gasteiger charge is -2.18. The summed E-state index contributed by atoms with van der Waals surface area (Å²) in [5, 5.41) is 13.9. The minimum Gasteiger partial charge on any atom is -0.388 e. The third-order valence-corrected chi connectivity index (χ3v) is 4.37. The molecule has 0 radical (unpaired) electrons. The lowest BCUT2D eigenvalue weighted by atomic mass is 10.1. The number of thiazole rings is 1. The maximum atomic E-state index is 9.51. The lowest BCUT2D eigenvalue weighted by Crippen LogP contribution is -2.11. The van der Waals surface area contributed by atoms with Crippen LogP contribution in [0.5, 0.6) is 0 Å². The Morgan fingerprint density at radius 1 is 1.40 bits per heavy atom. The first kappa shape index (κ1) is 14.8. The van der Waals surface area contributed by atoms with Gasteiger partial charge in [-0.1, -0.05) is 6.07 Å². The van der Waals surface area contributed by atoms with Gasteiger partial charge in [-0.2, -0.15) is 0 Å². The van der Waals surface area contributed by atoms with Gasteiger partial charge in [0.2, 0.25) is 0 Å². The third-order valence-electron chi connectivity index (χ3n) is 3.20. The summed E-state index contributed by atoms with van der Waals surface area (Å²) in [6.07, 6.45) is 1.30. The van der Waals surface area contributed by atoms with Crippen LogP contribution in [0.4, 0.5) is 11.4 Å². The number of nitrogens with one attached hydrogen (secondary N) is 1. The minimum atomic E-state index is -0.444. The second-order valence-corrected chi connectivity index (χ2v) is 6.18. The van der Waals surface area contributed by atoms with E-state index in [1.807, 2.05) is 20.2 Å². The normalized spacial score (nSPS) is 12.2.